The van der Waals surface area contributed by atoms with Crippen molar-refractivity contribution in [2.45, 2.75) is 13.3 Å². The number of aromatic nitrogens is 1. The van der Waals surface area contributed by atoms with Crippen molar-refractivity contribution in [1.82, 2.24) is 9.47 Å². The quantitative estimate of drug-likeness (QED) is 0.195. The van der Waals surface area contributed by atoms with Crippen LogP contribution in [-0.2, 0) is 6.42 Å². The molecule has 3 aliphatic heterocycles. The van der Waals surface area contributed by atoms with E-state index in [0.717, 1.165) is 16.7 Å². The lowest BCUT2D eigenvalue weighted by Gasteiger charge is -2.32. The van der Waals surface area contributed by atoms with E-state index in [2.05, 4.69) is 9.98 Å². The average Bonchev–Trinajstić information content (AvgIpc) is 3.31. The van der Waals surface area contributed by atoms with Crippen molar-refractivity contribution in [3.63, 3.8) is 0 Å². The molecule has 0 saturated carbocycles. The first-order chi connectivity index (χ1) is 21.7. The number of amidine groups is 2. The molecule has 8 rings (SSSR count). The molecule has 11 heteroatoms. The monoisotopic (exact) mass is 598 g/mol. The maximum absolute atomic E-state index is 15.0. The highest BCUT2D eigenvalue weighted by Crippen LogP contribution is 2.36. The summed E-state index contributed by atoms with van der Waals surface area (Å²) in [4.78, 5) is 20.5. The van der Waals surface area contributed by atoms with Gasteiger partial charge in [-0.05, 0) is 89.8 Å². The largest absolute Gasteiger partial charge is 0.508 e. The number of fused-ring (bicyclic) bond motifs is 3. The van der Waals surface area contributed by atoms with E-state index in [9.17, 15) is 24.8 Å². The van der Waals surface area contributed by atoms with Crippen LogP contribution in [0.1, 0.15) is 11.1 Å². The van der Waals surface area contributed by atoms with E-state index in [1.807, 2.05) is 6.92 Å². The van der Waals surface area contributed by atoms with Gasteiger partial charge in [-0.25, -0.2) is 14.3 Å². The van der Waals surface area contributed by atoms with Crippen molar-refractivity contribution in [2.24, 2.45) is 20.0 Å². The van der Waals surface area contributed by atoms with E-state index in [1.165, 1.54) is 12.2 Å². The number of halogens is 1. The fourth-order valence-electron chi connectivity index (χ4n) is 5.95. The summed E-state index contributed by atoms with van der Waals surface area (Å²) in [5, 5.41) is 42.3. The molecule has 0 amide bonds. The molecule has 0 atom stereocenters. The Balaban J connectivity index is 1.28. The number of phenols is 4. The summed E-state index contributed by atoms with van der Waals surface area (Å²) in [6.07, 6.45) is 2.79. The van der Waals surface area contributed by atoms with Gasteiger partial charge >= 0.3 is 0 Å². The summed E-state index contributed by atoms with van der Waals surface area (Å²) in [7, 11) is 0. The van der Waals surface area contributed by atoms with Crippen LogP contribution in [0.3, 0.4) is 0 Å². The van der Waals surface area contributed by atoms with E-state index in [1.54, 1.807) is 82.3 Å². The van der Waals surface area contributed by atoms with Gasteiger partial charge < -0.3 is 20.4 Å². The number of aromatic hydroxyl groups is 4. The van der Waals surface area contributed by atoms with Gasteiger partial charge in [0.05, 0.1) is 11.0 Å². The maximum atomic E-state index is 15.0. The molecule has 220 valence electrons. The second kappa shape index (κ2) is 9.64. The second-order valence-corrected chi connectivity index (χ2v) is 10.9. The first kappa shape index (κ1) is 26.4. The van der Waals surface area contributed by atoms with Crippen molar-refractivity contribution in [2.75, 3.05) is 0 Å². The Bertz CT molecular complexity index is 2270. The molecule has 10 nitrogen and oxygen atoms in total. The molecule has 0 aliphatic carbocycles. The summed E-state index contributed by atoms with van der Waals surface area (Å²) >= 11 is 0. The van der Waals surface area contributed by atoms with Gasteiger partial charge in [0.25, 0.3) is 0 Å². The number of rotatable bonds is 3. The average molecular weight is 599 g/mol. The minimum absolute atomic E-state index is 0.0621. The molecule has 0 fully saturated rings. The van der Waals surface area contributed by atoms with Crippen LogP contribution >= 0.6 is 0 Å². The van der Waals surface area contributed by atoms with E-state index in [4.69, 9.17) is 9.98 Å². The van der Waals surface area contributed by atoms with Crippen LogP contribution in [0, 0.1) is 6.92 Å². The zero-order valence-corrected chi connectivity index (χ0v) is 23.6. The van der Waals surface area contributed by atoms with Crippen LogP contribution in [0.15, 0.2) is 117 Å². The third kappa shape index (κ3) is 4.32. The van der Waals surface area contributed by atoms with Crippen LogP contribution in [0.4, 0.5) is 4.39 Å². The van der Waals surface area contributed by atoms with Gasteiger partial charge in [0, 0.05) is 29.3 Å². The highest BCUT2D eigenvalue weighted by molar-refractivity contribution is 6.24. The van der Waals surface area contributed by atoms with Crippen LogP contribution in [0.5, 0.6) is 23.0 Å². The molecule has 0 bridgehead atoms. The lowest BCUT2D eigenvalue weighted by molar-refractivity contribution is 0.474. The number of aryl methyl sites for hydroxylation is 1. The first-order valence-corrected chi connectivity index (χ1v) is 14.0. The molecular weight excluding hydrogens is 575 g/mol. The number of guanidine groups is 1. The smallest absolute Gasteiger partial charge is 0.242 e. The molecule has 1 aromatic heterocycles. The summed E-state index contributed by atoms with van der Waals surface area (Å²) in [5.41, 5.74) is 4.46. The maximum Gasteiger partial charge on any atom is 0.242 e. The molecule has 4 aromatic carbocycles. The van der Waals surface area contributed by atoms with Crippen LogP contribution in [0.2, 0.25) is 0 Å². The highest BCUT2D eigenvalue weighted by atomic mass is 19.1. The molecule has 5 aromatic rings. The number of aliphatic imine (C=N–C) groups is 4. The Morgan fingerprint density at radius 2 is 1.27 bits per heavy atom. The van der Waals surface area contributed by atoms with Crippen molar-refractivity contribution in [3.8, 4) is 34.1 Å². The minimum Gasteiger partial charge on any atom is -0.508 e. The molecule has 4 N–H and O–H groups in total. The first-order valence-electron chi connectivity index (χ1n) is 14.0. The van der Waals surface area contributed by atoms with Crippen LogP contribution in [-0.4, -0.2) is 53.5 Å². The van der Waals surface area contributed by atoms with E-state index in [0.29, 0.717) is 33.2 Å². The Kier molecular flexibility index (Phi) is 5.66. The molecule has 4 heterocycles. The van der Waals surface area contributed by atoms with Gasteiger partial charge in [-0.3, -0.25) is 4.57 Å². The molecule has 0 saturated heterocycles. The fraction of sp³-hybridized carbons (Fsp3) is 0.0588. The van der Waals surface area contributed by atoms with Crippen LogP contribution in [0.25, 0.3) is 32.9 Å². The number of hydrogen-bond acceptors (Lipinski definition) is 9. The van der Waals surface area contributed by atoms with Gasteiger partial charge in [-0.15, -0.1) is 0 Å². The summed E-state index contributed by atoms with van der Waals surface area (Å²) in [5.74, 6) is 1.05. The molecule has 0 unspecified atom stereocenters. The standard InChI is InChI=1S/C34H23FN6O4/c1-17-2-4-20(42)13-24(17)25-14-21(43)5-3-18(25)10-30-36-31-11-19(35)12-32-38-34(39-33(37-30)41(31)32)40-28-8-6-22(44)15-26(28)27-16-23(45)7-9-29(27)40/h2-9,11-16,42-45H,10H2,1H3. The van der Waals surface area contributed by atoms with Gasteiger partial charge in [0.15, 0.2) is 0 Å². The number of benzene rings is 4. The van der Waals surface area contributed by atoms with Crippen molar-refractivity contribution >= 4 is 45.4 Å². The predicted molar refractivity (Wildman–Crippen MR) is 171 cm³/mol. The third-order valence-corrected chi connectivity index (χ3v) is 7.96. The van der Waals surface area contributed by atoms with Gasteiger partial charge in [0.2, 0.25) is 11.9 Å². The lowest BCUT2D eigenvalue weighted by Crippen LogP contribution is -2.42. The normalized spacial score (nSPS) is 15.6. The number of nitrogens with zero attached hydrogens (tertiary/aromatic N) is 6. The SMILES string of the molecule is Cc1ccc(O)cc1-c1cc(O)ccc1CC1=NC2=CC(F)=CC3=NC(n4c5ccc(O)cc5c5cc(O)ccc54)=NC(=N1)N23. The zero-order chi connectivity index (χ0) is 31.0. The van der Waals surface area contributed by atoms with Crippen molar-refractivity contribution in [1.29, 1.82) is 0 Å². The van der Waals surface area contributed by atoms with E-state index in [-0.39, 0.29) is 53.0 Å². The molecule has 0 spiro atoms. The minimum atomic E-state index is -0.539. The van der Waals surface area contributed by atoms with E-state index >= 15 is 0 Å². The van der Waals surface area contributed by atoms with Gasteiger partial charge in [-0.1, -0.05) is 12.1 Å². The van der Waals surface area contributed by atoms with Gasteiger partial charge in [-0.2, -0.15) is 15.0 Å². The zero-order valence-electron chi connectivity index (χ0n) is 23.6. The second-order valence-electron chi connectivity index (χ2n) is 10.9. The number of phenolic OH excluding ortho intramolecular Hbond substituents is 4. The lowest BCUT2D eigenvalue weighted by atomic mass is 9.93. The van der Waals surface area contributed by atoms with Crippen molar-refractivity contribution in [3.05, 3.63) is 108 Å². The topological polar surface area (TPSA) is 139 Å². The Morgan fingerprint density at radius 1 is 0.644 bits per heavy atom. The fourth-order valence-corrected chi connectivity index (χ4v) is 5.95. The van der Waals surface area contributed by atoms with Crippen LogP contribution < -0.4 is 0 Å². The number of allylic oxidation sites excluding steroid dienone is 2. The molecule has 0 radical (unpaired) electrons. The Morgan fingerprint density at radius 3 is 1.98 bits per heavy atom. The molecule has 45 heavy (non-hydrogen) atoms. The Labute approximate surface area is 254 Å². The summed E-state index contributed by atoms with van der Waals surface area (Å²) < 4.78 is 16.8. The summed E-state index contributed by atoms with van der Waals surface area (Å²) in [6, 6.07) is 19.8. The molecule has 3 aliphatic rings. The summed E-state index contributed by atoms with van der Waals surface area (Å²) in [6.45, 7) is 1.91. The third-order valence-electron chi connectivity index (χ3n) is 7.96. The molecular formula is C34H23FN6O4. The number of hydrogen-bond donors (Lipinski definition) is 4. The highest BCUT2D eigenvalue weighted by Gasteiger charge is 2.33. The van der Waals surface area contributed by atoms with Crippen molar-refractivity contribution < 1.29 is 24.8 Å². The van der Waals surface area contributed by atoms with Gasteiger partial charge in [0.1, 0.15) is 46.3 Å². The Hall–Kier alpha value is -6.23. The van der Waals surface area contributed by atoms with E-state index < -0.39 is 5.83 Å². The predicted octanol–water partition coefficient (Wildman–Crippen LogP) is 6.23.